The molecule has 5 heteroatoms. The predicted octanol–water partition coefficient (Wildman–Crippen LogP) is 2.83. The highest BCUT2D eigenvalue weighted by molar-refractivity contribution is 6.20. The van der Waals surface area contributed by atoms with Gasteiger partial charge in [-0.15, -0.1) is 0 Å². The normalized spacial score (nSPS) is 17.3. The van der Waals surface area contributed by atoms with Crippen LogP contribution in [0.1, 0.15) is 34.1 Å². The maximum absolute atomic E-state index is 12.8. The van der Waals surface area contributed by atoms with E-state index in [4.69, 9.17) is 4.74 Å². The van der Waals surface area contributed by atoms with Crippen molar-refractivity contribution in [3.63, 3.8) is 0 Å². The fourth-order valence-electron chi connectivity index (χ4n) is 2.77. The molecule has 0 bridgehead atoms. The molecule has 120 valence electrons. The first-order valence-corrected chi connectivity index (χ1v) is 7.72. The summed E-state index contributed by atoms with van der Waals surface area (Å²) in [4.78, 5) is 28.7. The molecular weight excluding hydrogens is 280 g/mol. The number of rotatable bonds is 4. The molecule has 1 aromatic carbocycles. The summed E-state index contributed by atoms with van der Waals surface area (Å²) in [6, 6.07) is 5.56. The number of carbonyl (C=O) groups is 2. The van der Waals surface area contributed by atoms with Gasteiger partial charge in [0, 0.05) is 13.6 Å². The first-order valence-electron chi connectivity index (χ1n) is 7.72. The van der Waals surface area contributed by atoms with E-state index in [1.165, 1.54) is 0 Å². The Morgan fingerprint density at radius 2 is 1.82 bits per heavy atom. The van der Waals surface area contributed by atoms with E-state index in [0.29, 0.717) is 24.6 Å². The van der Waals surface area contributed by atoms with Gasteiger partial charge in [0.15, 0.2) is 0 Å². The van der Waals surface area contributed by atoms with Gasteiger partial charge in [-0.25, -0.2) is 0 Å². The van der Waals surface area contributed by atoms with Crippen molar-refractivity contribution in [3.05, 3.63) is 18.2 Å². The van der Waals surface area contributed by atoms with E-state index in [1.807, 2.05) is 32.0 Å². The molecule has 0 saturated carbocycles. The molecule has 5 nitrogen and oxygen atoms in total. The number of carbonyl (C=O) groups excluding carboxylic acids is 2. The molecule has 1 aliphatic rings. The molecule has 0 aliphatic carbocycles. The molecule has 1 aliphatic heterocycles. The van der Waals surface area contributed by atoms with E-state index in [9.17, 15) is 9.59 Å². The van der Waals surface area contributed by atoms with Crippen molar-refractivity contribution in [1.29, 1.82) is 0 Å². The highest BCUT2D eigenvalue weighted by Crippen LogP contribution is 2.43. The number of anilines is 2. The highest BCUT2D eigenvalue weighted by atomic mass is 16.5. The monoisotopic (exact) mass is 304 g/mol. The van der Waals surface area contributed by atoms with Crippen LogP contribution in [-0.2, 0) is 9.59 Å². The fraction of sp³-hybridized carbons (Fsp3) is 0.529. The molecule has 0 radical (unpaired) electrons. The highest BCUT2D eigenvalue weighted by Gasteiger charge is 2.45. The molecule has 0 aromatic heterocycles. The van der Waals surface area contributed by atoms with Crippen LogP contribution >= 0.6 is 0 Å². The Morgan fingerprint density at radius 3 is 2.41 bits per heavy atom. The third-order valence-corrected chi connectivity index (χ3v) is 4.00. The minimum absolute atomic E-state index is 0.182. The maximum Gasteiger partial charge on any atom is 0.242 e. The van der Waals surface area contributed by atoms with Crippen LogP contribution in [0.25, 0.3) is 0 Å². The summed E-state index contributed by atoms with van der Waals surface area (Å²) in [6.45, 7) is 8.37. The van der Waals surface area contributed by atoms with E-state index in [0.717, 1.165) is 12.1 Å². The first kappa shape index (κ1) is 16.3. The lowest BCUT2D eigenvalue weighted by atomic mass is 9.90. The van der Waals surface area contributed by atoms with E-state index in [-0.39, 0.29) is 11.8 Å². The molecule has 1 aromatic rings. The van der Waals surface area contributed by atoms with Crippen molar-refractivity contribution in [2.45, 2.75) is 34.1 Å². The van der Waals surface area contributed by atoms with Gasteiger partial charge in [-0.1, -0.05) is 13.0 Å². The van der Waals surface area contributed by atoms with Crippen molar-refractivity contribution in [3.8, 4) is 5.75 Å². The van der Waals surface area contributed by atoms with Crippen molar-refractivity contribution >= 4 is 23.2 Å². The summed E-state index contributed by atoms with van der Waals surface area (Å²) in [5.41, 5.74) is 0.301. The van der Waals surface area contributed by atoms with Crippen molar-refractivity contribution in [2.24, 2.45) is 5.41 Å². The number of amides is 2. The average Bonchev–Trinajstić information content (AvgIpc) is 2.56. The zero-order valence-corrected chi connectivity index (χ0v) is 14.0. The van der Waals surface area contributed by atoms with Gasteiger partial charge in [-0.05, 0) is 39.3 Å². The van der Waals surface area contributed by atoms with Gasteiger partial charge in [0.25, 0.3) is 0 Å². The fourth-order valence-corrected chi connectivity index (χ4v) is 2.77. The van der Waals surface area contributed by atoms with Crippen LogP contribution in [0.15, 0.2) is 18.2 Å². The molecule has 0 fully saturated rings. The topological polar surface area (TPSA) is 49.9 Å². The largest absolute Gasteiger partial charge is 0.491 e. The Bertz CT molecular complexity index is 596. The van der Waals surface area contributed by atoms with E-state index in [2.05, 4.69) is 0 Å². The van der Waals surface area contributed by atoms with Gasteiger partial charge in [-0.3, -0.25) is 9.59 Å². The number of para-hydroxylation sites is 1. The maximum atomic E-state index is 12.8. The molecule has 22 heavy (non-hydrogen) atoms. The van der Waals surface area contributed by atoms with Gasteiger partial charge in [-0.2, -0.15) is 0 Å². The van der Waals surface area contributed by atoms with Crippen LogP contribution in [0, 0.1) is 5.41 Å². The van der Waals surface area contributed by atoms with Gasteiger partial charge in [0.1, 0.15) is 16.9 Å². The Labute approximate surface area is 131 Å². The lowest BCUT2D eigenvalue weighted by Gasteiger charge is -2.27. The summed E-state index contributed by atoms with van der Waals surface area (Å²) in [6.07, 6.45) is 0.878. The Balaban J connectivity index is 2.65. The van der Waals surface area contributed by atoms with Crippen LogP contribution in [0.5, 0.6) is 5.75 Å². The minimum atomic E-state index is -1.09. The third kappa shape index (κ3) is 2.45. The van der Waals surface area contributed by atoms with Crippen molar-refractivity contribution in [2.75, 3.05) is 30.0 Å². The molecule has 2 amide bonds. The molecule has 0 unspecified atom stereocenters. The second-order valence-electron chi connectivity index (χ2n) is 6.01. The number of ether oxygens (including phenoxy) is 1. The van der Waals surface area contributed by atoms with Gasteiger partial charge in [0.2, 0.25) is 11.8 Å². The Morgan fingerprint density at radius 1 is 1.14 bits per heavy atom. The molecule has 0 atom stereocenters. The molecule has 1 heterocycles. The van der Waals surface area contributed by atoms with Gasteiger partial charge in [0.05, 0.1) is 12.3 Å². The van der Waals surface area contributed by atoms with E-state index < -0.39 is 5.41 Å². The van der Waals surface area contributed by atoms with E-state index in [1.54, 1.807) is 30.7 Å². The zero-order chi connectivity index (χ0) is 16.5. The summed E-state index contributed by atoms with van der Waals surface area (Å²) in [5, 5.41) is 0. The second kappa shape index (κ2) is 5.99. The molecular formula is C17H24N2O3. The number of hydrogen-bond donors (Lipinski definition) is 0. The van der Waals surface area contributed by atoms with E-state index >= 15 is 0 Å². The summed E-state index contributed by atoms with van der Waals surface area (Å²) in [5.74, 6) is 0.236. The number of fused-ring (bicyclic) bond motifs is 1. The van der Waals surface area contributed by atoms with Crippen LogP contribution in [0.4, 0.5) is 11.4 Å². The Hall–Kier alpha value is -2.04. The standard InChI is InChI=1S/C17H24N2O3/c1-6-11-22-13-10-8-9-12-14(13)18(5)15(20)17(3,4)16(21)19(12)7-2/h8-10H,6-7,11H2,1-5H3. The molecule has 2 rings (SSSR count). The average molecular weight is 304 g/mol. The predicted molar refractivity (Wildman–Crippen MR) is 87.4 cm³/mol. The number of benzene rings is 1. The number of hydrogen-bond acceptors (Lipinski definition) is 3. The van der Waals surface area contributed by atoms with Crippen molar-refractivity contribution < 1.29 is 14.3 Å². The van der Waals surface area contributed by atoms with Crippen LogP contribution in [-0.4, -0.2) is 32.0 Å². The Kier molecular flexibility index (Phi) is 4.44. The van der Waals surface area contributed by atoms with Gasteiger partial charge >= 0.3 is 0 Å². The molecule has 0 N–H and O–H groups in total. The lowest BCUT2D eigenvalue weighted by Crippen LogP contribution is -2.47. The lowest BCUT2D eigenvalue weighted by molar-refractivity contribution is -0.137. The zero-order valence-electron chi connectivity index (χ0n) is 14.0. The van der Waals surface area contributed by atoms with Gasteiger partial charge < -0.3 is 14.5 Å². The molecule has 0 saturated heterocycles. The summed E-state index contributed by atoms with van der Waals surface area (Å²) < 4.78 is 5.79. The summed E-state index contributed by atoms with van der Waals surface area (Å²) >= 11 is 0. The number of nitrogens with zero attached hydrogens (tertiary/aromatic N) is 2. The summed E-state index contributed by atoms with van der Waals surface area (Å²) in [7, 11) is 1.70. The minimum Gasteiger partial charge on any atom is -0.491 e. The SMILES string of the molecule is CCCOc1cccc2c1N(C)C(=O)C(C)(C)C(=O)N2CC. The quantitative estimate of drug-likeness (QED) is 0.804. The first-order chi connectivity index (χ1) is 10.4. The third-order valence-electron chi connectivity index (χ3n) is 4.00. The van der Waals surface area contributed by atoms with Crippen LogP contribution in [0.2, 0.25) is 0 Å². The molecule has 0 spiro atoms. The second-order valence-corrected chi connectivity index (χ2v) is 6.01. The van der Waals surface area contributed by atoms with Crippen LogP contribution < -0.4 is 14.5 Å². The van der Waals surface area contributed by atoms with Crippen molar-refractivity contribution in [1.82, 2.24) is 0 Å². The van der Waals surface area contributed by atoms with Crippen LogP contribution in [0.3, 0.4) is 0 Å². The smallest absolute Gasteiger partial charge is 0.242 e.